The zero-order valence-corrected chi connectivity index (χ0v) is 15.4. The standard InChI is InChI=1S/C20H26N2O4/c1-14-17(15(2)26-22-14)8-9-20(23)21-18-10-11-24-13-19(18)25-12-16-6-4-3-5-7-16/h3-7,18-19H,8-13H2,1-2H3,(H,21,23)/t18-,19-/m1/s1. The number of carbonyl (C=O) groups excluding carboxylic acids is 1. The van der Waals surface area contributed by atoms with Gasteiger partial charge in [0.25, 0.3) is 0 Å². The summed E-state index contributed by atoms with van der Waals surface area (Å²) in [5.41, 5.74) is 2.98. The Morgan fingerprint density at radius 2 is 2.12 bits per heavy atom. The van der Waals surface area contributed by atoms with Gasteiger partial charge in [-0.3, -0.25) is 4.79 Å². The molecule has 1 N–H and O–H groups in total. The van der Waals surface area contributed by atoms with Crippen LogP contribution < -0.4 is 5.32 Å². The van der Waals surface area contributed by atoms with E-state index in [0.29, 0.717) is 32.7 Å². The SMILES string of the molecule is Cc1noc(C)c1CCC(=O)N[C@@H]1CCOC[C@H]1OCc1ccccc1. The fourth-order valence-corrected chi connectivity index (χ4v) is 3.20. The lowest BCUT2D eigenvalue weighted by Gasteiger charge is -2.32. The second-order valence-electron chi connectivity index (χ2n) is 6.68. The summed E-state index contributed by atoms with van der Waals surface area (Å²) in [4.78, 5) is 12.4. The largest absolute Gasteiger partial charge is 0.379 e. The van der Waals surface area contributed by atoms with Crippen molar-refractivity contribution in [3.05, 3.63) is 52.9 Å². The van der Waals surface area contributed by atoms with Crippen LogP contribution in [0.5, 0.6) is 0 Å². The molecule has 2 atom stereocenters. The van der Waals surface area contributed by atoms with Crippen molar-refractivity contribution in [1.29, 1.82) is 0 Å². The number of benzene rings is 1. The summed E-state index contributed by atoms with van der Waals surface area (Å²) >= 11 is 0. The van der Waals surface area contributed by atoms with Crippen LogP contribution >= 0.6 is 0 Å². The van der Waals surface area contributed by atoms with Gasteiger partial charge in [0, 0.05) is 18.6 Å². The van der Waals surface area contributed by atoms with Gasteiger partial charge in [0.15, 0.2) is 0 Å². The van der Waals surface area contributed by atoms with E-state index >= 15 is 0 Å². The molecular formula is C20H26N2O4. The highest BCUT2D eigenvalue weighted by Crippen LogP contribution is 2.16. The molecule has 1 aromatic carbocycles. The van der Waals surface area contributed by atoms with Gasteiger partial charge in [-0.05, 0) is 32.3 Å². The minimum atomic E-state index is -0.132. The lowest BCUT2D eigenvalue weighted by Crippen LogP contribution is -2.50. The lowest BCUT2D eigenvalue weighted by atomic mass is 10.0. The molecule has 140 valence electrons. The van der Waals surface area contributed by atoms with Crippen molar-refractivity contribution in [2.24, 2.45) is 0 Å². The van der Waals surface area contributed by atoms with E-state index in [2.05, 4.69) is 10.5 Å². The molecule has 1 saturated heterocycles. The molecule has 1 aromatic heterocycles. The van der Waals surface area contributed by atoms with Gasteiger partial charge in [0.05, 0.1) is 24.9 Å². The highest BCUT2D eigenvalue weighted by molar-refractivity contribution is 5.76. The van der Waals surface area contributed by atoms with Crippen molar-refractivity contribution in [1.82, 2.24) is 10.5 Å². The van der Waals surface area contributed by atoms with Crippen LogP contribution in [-0.4, -0.2) is 36.4 Å². The molecule has 6 nitrogen and oxygen atoms in total. The molecule has 3 rings (SSSR count). The quantitative estimate of drug-likeness (QED) is 0.824. The molecule has 0 bridgehead atoms. The average molecular weight is 358 g/mol. The predicted octanol–water partition coefficient (Wildman–Crippen LogP) is 2.71. The van der Waals surface area contributed by atoms with Crippen molar-refractivity contribution < 1.29 is 18.8 Å². The number of hydrogen-bond acceptors (Lipinski definition) is 5. The number of aromatic nitrogens is 1. The summed E-state index contributed by atoms with van der Waals surface area (Å²) in [6.07, 6.45) is 1.67. The number of rotatable bonds is 7. The van der Waals surface area contributed by atoms with Crippen molar-refractivity contribution in [2.75, 3.05) is 13.2 Å². The number of ether oxygens (including phenoxy) is 2. The van der Waals surface area contributed by atoms with E-state index in [1.54, 1.807) is 0 Å². The minimum absolute atomic E-state index is 0.0187. The lowest BCUT2D eigenvalue weighted by molar-refractivity contribution is -0.126. The third kappa shape index (κ3) is 4.93. The molecule has 1 aliphatic rings. The molecule has 2 aromatic rings. The van der Waals surface area contributed by atoms with Crippen LogP contribution in [-0.2, 0) is 27.3 Å². The van der Waals surface area contributed by atoms with E-state index in [-0.39, 0.29) is 18.1 Å². The Morgan fingerprint density at radius 1 is 1.31 bits per heavy atom. The molecule has 0 saturated carbocycles. The van der Waals surface area contributed by atoms with Crippen LogP contribution in [0.4, 0.5) is 0 Å². The van der Waals surface area contributed by atoms with Gasteiger partial charge in [-0.25, -0.2) is 0 Å². The Hall–Kier alpha value is -2.18. The topological polar surface area (TPSA) is 73.6 Å². The highest BCUT2D eigenvalue weighted by atomic mass is 16.5. The molecule has 6 heteroatoms. The van der Waals surface area contributed by atoms with Gasteiger partial charge in [-0.2, -0.15) is 0 Å². The molecule has 0 radical (unpaired) electrons. The summed E-state index contributed by atoms with van der Waals surface area (Å²) in [6, 6.07) is 10.00. The number of hydrogen-bond donors (Lipinski definition) is 1. The molecule has 1 aliphatic heterocycles. The normalized spacial score (nSPS) is 20.1. The fraction of sp³-hybridized carbons (Fsp3) is 0.500. The Kier molecular flexibility index (Phi) is 6.41. The van der Waals surface area contributed by atoms with Crippen molar-refractivity contribution in [3.8, 4) is 0 Å². The first kappa shape index (κ1) is 18.6. The van der Waals surface area contributed by atoms with Gasteiger partial charge in [-0.1, -0.05) is 35.5 Å². The second-order valence-corrected chi connectivity index (χ2v) is 6.68. The van der Waals surface area contributed by atoms with E-state index < -0.39 is 0 Å². The number of nitrogens with one attached hydrogen (secondary N) is 1. The molecule has 2 heterocycles. The molecule has 0 unspecified atom stereocenters. The number of aryl methyl sites for hydroxylation is 2. The third-order valence-corrected chi connectivity index (χ3v) is 4.74. The number of amides is 1. The van der Waals surface area contributed by atoms with Crippen LogP contribution in [0.15, 0.2) is 34.9 Å². The van der Waals surface area contributed by atoms with Crippen molar-refractivity contribution >= 4 is 5.91 Å². The molecule has 1 amide bonds. The van der Waals surface area contributed by atoms with Gasteiger partial charge in [-0.15, -0.1) is 0 Å². The molecule has 0 aliphatic carbocycles. The van der Waals surface area contributed by atoms with Gasteiger partial charge in [0.1, 0.15) is 11.9 Å². The number of carbonyl (C=O) groups is 1. The van der Waals surface area contributed by atoms with Crippen LogP contribution in [0.2, 0.25) is 0 Å². The van der Waals surface area contributed by atoms with Crippen LogP contribution in [0.25, 0.3) is 0 Å². The Morgan fingerprint density at radius 3 is 2.85 bits per heavy atom. The smallest absolute Gasteiger partial charge is 0.220 e. The van der Waals surface area contributed by atoms with Crippen LogP contribution in [0, 0.1) is 13.8 Å². The molecule has 26 heavy (non-hydrogen) atoms. The van der Waals surface area contributed by atoms with Crippen LogP contribution in [0.3, 0.4) is 0 Å². The Bertz CT molecular complexity index is 694. The summed E-state index contributed by atoms with van der Waals surface area (Å²) < 4.78 is 16.7. The summed E-state index contributed by atoms with van der Waals surface area (Å²) in [5, 5.41) is 7.04. The van der Waals surface area contributed by atoms with E-state index in [0.717, 1.165) is 29.0 Å². The summed E-state index contributed by atoms with van der Waals surface area (Å²) in [7, 11) is 0. The van der Waals surface area contributed by atoms with Crippen molar-refractivity contribution in [2.45, 2.75) is 51.9 Å². The van der Waals surface area contributed by atoms with E-state index in [1.165, 1.54) is 0 Å². The molecule has 1 fully saturated rings. The minimum Gasteiger partial charge on any atom is -0.379 e. The van der Waals surface area contributed by atoms with E-state index in [9.17, 15) is 4.79 Å². The van der Waals surface area contributed by atoms with Gasteiger partial charge < -0.3 is 19.3 Å². The second kappa shape index (κ2) is 8.96. The summed E-state index contributed by atoms with van der Waals surface area (Å²) in [6.45, 7) is 5.43. The Balaban J connectivity index is 1.50. The monoisotopic (exact) mass is 358 g/mol. The molecular weight excluding hydrogens is 332 g/mol. The number of nitrogens with zero attached hydrogens (tertiary/aromatic N) is 1. The third-order valence-electron chi connectivity index (χ3n) is 4.74. The maximum absolute atomic E-state index is 12.4. The maximum atomic E-state index is 12.4. The first-order chi connectivity index (χ1) is 12.6. The fourth-order valence-electron chi connectivity index (χ4n) is 3.20. The maximum Gasteiger partial charge on any atom is 0.220 e. The van der Waals surface area contributed by atoms with Crippen LogP contribution in [0.1, 0.15) is 35.4 Å². The summed E-state index contributed by atoms with van der Waals surface area (Å²) in [5.74, 6) is 0.802. The first-order valence-corrected chi connectivity index (χ1v) is 9.08. The van der Waals surface area contributed by atoms with Gasteiger partial charge >= 0.3 is 0 Å². The van der Waals surface area contributed by atoms with Gasteiger partial charge in [0.2, 0.25) is 5.91 Å². The van der Waals surface area contributed by atoms with E-state index in [4.69, 9.17) is 14.0 Å². The van der Waals surface area contributed by atoms with Crippen molar-refractivity contribution in [3.63, 3.8) is 0 Å². The average Bonchev–Trinajstić information content (AvgIpc) is 2.98. The Labute approximate surface area is 153 Å². The van der Waals surface area contributed by atoms with E-state index in [1.807, 2.05) is 44.2 Å². The molecule has 0 spiro atoms. The zero-order chi connectivity index (χ0) is 18.4. The first-order valence-electron chi connectivity index (χ1n) is 9.08. The predicted molar refractivity (Wildman–Crippen MR) is 96.7 cm³/mol. The highest BCUT2D eigenvalue weighted by Gasteiger charge is 2.28. The zero-order valence-electron chi connectivity index (χ0n) is 15.4.